The lowest BCUT2D eigenvalue weighted by atomic mass is 10.0. The van der Waals surface area contributed by atoms with Gasteiger partial charge in [-0.3, -0.25) is 9.59 Å². The summed E-state index contributed by atoms with van der Waals surface area (Å²) in [6, 6.07) is 12.4. The molecule has 2 N–H and O–H groups in total. The fourth-order valence-corrected chi connectivity index (χ4v) is 3.59. The second kappa shape index (κ2) is 8.09. The third-order valence-corrected chi connectivity index (χ3v) is 4.92. The van der Waals surface area contributed by atoms with E-state index in [9.17, 15) is 14.0 Å². The molecule has 1 atom stereocenters. The summed E-state index contributed by atoms with van der Waals surface area (Å²) in [4.78, 5) is 28.1. The molecule has 5 nitrogen and oxygen atoms in total. The zero-order valence-electron chi connectivity index (χ0n) is 14.5. The van der Waals surface area contributed by atoms with Crippen LogP contribution in [-0.4, -0.2) is 22.0 Å². The van der Waals surface area contributed by atoms with Gasteiger partial charge in [0.25, 0.3) is 5.91 Å². The second-order valence-electron chi connectivity index (χ2n) is 6.03. The van der Waals surface area contributed by atoms with Crippen molar-refractivity contribution in [3.8, 4) is 10.6 Å². The van der Waals surface area contributed by atoms with Gasteiger partial charge in [-0.15, -0.1) is 11.3 Å². The first-order valence-electron chi connectivity index (χ1n) is 8.23. The van der Waals surface area contributed by atoms with Crippen molar-refractivity contribution in [1.82, 2.24) is 10.3 Å². The first-order valence-corrected chi connectivity index (χ1v) is 9.11. The van der Waals surface area contributed by atoms with Crippen molar-refractivity contribution in [1.29, 1.82) is 0 Å². The molecule has 0 aliphatic rings. The van der Waals surface area contributed by atoms with Gasteiger partial charge in [0.05, 0.1) is 12.5 Å². The third kappa shape index (κ3) is 4.57. The van der Waals surface area contributed by atoms with E-state index in [1.807, 2.05) is 31.2 Å². The van der Waals surface area contributed by atoms with Gasteiger partial charge in [0.15, 0.2) is 0 Å². The van der Waals surface area contributed by atoms with Gasteiger partial charge in [-0.05, 0) is 30.2 Å². The molecule has 3 rings (SSSR count). The normalized spacial score (nSPS) is 11.8. The largest absolute Gasteiger partial charge is 0.481 e. The van der Waals surface area contributed by atoms with Crippen LogP contribution in [0.25, 0.3) is 10.6 Å². The molecule has 1 aromatic heterocycles. The molecule has 138 valence electrons. The van der Waals surface area contributed by atoms with Gasteiger partial charge in [0.2, 0.25) is 0 Å². The summed E-state index contributed by atoms with van der Waals surface area (Å²) >= 11 is 1.34. The fraction of sp³-hybridized carbons (Fsp3) is 0.150. The Hall–Kier alpha value is -3.06. The minimum absolute atomic E-state index is 0.199. The maximum atomic E-state index is 13.5. The number of nitrogens with zero attached hydrogens (tertiary/aromatic N) is 1. The number of aromatic nitrogens is 1. The van der Waals surface area contributed by atoms with Gasteiger partial charge < -0.3 is 10.4 Å². The van der Waals surface area contributed by atoms with Crippen molar-refractivity contribution in [2.75, 3.05) is 0 Å². The zero-order chi connectivity index (χ0) is 19.4. The Balaban J connectivity index is 1.82. The molecule has 0 saturated carbocycles. The summed E-state index contributed by atoms with van der Waals surface area (Å²) in [5.74, 6) is -2.09. The molecular weight excluding hydrogens is 367 g/mol. The summed E-state index contributed by atoms with van der Waals surface area (Å²) in [7, 11) is 0. The first kappa shape index (κ1) is 18.7. The predicted molar refractivity (Wildman–Crippen MR) is 101 cm³/mol. The number of hydrogen-bond donors (Lipinski definition) is 2. The summed E-state index contributed by atoms with van der Waals surface area (Å²) in [5, 5.41) is 14.1. The number of rotatable bonds is 6. The highest BCUT2D eigenvalue weighted by Crippen LogP contribution is 2.27. The van der Waals surface area contributed by atoms with E-state index < -0.39 is 23.7 Å². The van der Waals surface area contributed by atoms with E-state index >= 15 is 0 Å². The molecule has 0 aliphatic carbocycles. The van der Waals surface area contributed by atoms with Crippen LogP contribution < -0.4 is 5.32 Å². The Morgan fingerprint density at radius 3 is 2.70 bits per heavy atom. The number of halogens is 1. The summed E-state index contributed by atoms with van der Waals surface area (Å²) in [6.07, 6.45) is -0.357. The van der Waals surface area contributed by atoms with Crippen molar-refractivity contribution in [2.24, 2.45) is 0 Å². The van der Waals surface area contributed by atoms with E-state index in [-0.39, 0.29) is 12.1 Å². The highest BCUT2D eigenvalue weighted by molar-refractivity contribution is 7.13. The van der Waals surface area contributed by atoms with Gasteiger partial charge in [-0.25, -0.2) is 9.37 Å². The predicted octanol–water partition coefficient (Wildman–Crippen LogP) is 4.20. The van der Waals surface area contributed by atoms with Crippen LogP contribution in [-0.2, 0) is 4.79 Å². The van der Waals surface area contributed by atoms with E-state index in [1.54, 1.807) is 11.4 Å². The van der Waals surface area contributed by atoms with Crippen molar-refractivity contribution in [2.45, 2.75) is 19.4 Å². The first-order chi connectivity index (χ1) is 12.9. The average Bonchev–Trinajstić information content (AvgIpc) is 3.11. The van der Waals surface area contributed by atoms with E-state index in [4.69, 9.17) is 5.11 Å². The lowest BCUT2D eigenvalue weighted by molar-refractivity contribution is -0.137. The number of hydrogen-bond acceptors (Lipinski definition) is 4. The maximum Gasteiger partial charge on any atom is 0.305 e. The summed E-state index contributed by atoms with van der Waals surface area (Å²) < 4.78 is 13.5. The van der Waals surface area contributed by atoms with Crippen LogP contribution in [0.15, 0.2) is 53.9 Å². The number of aliphatic carboxylic acids is 1. The molecule has 7 heteroatoms. The fourth-order valence-electron chi connectivity index (χ4n) is 2.70. The van der Waals surface area contributed by atoms with Crippen LogP contribution in [0.5, 0.6) is 0 Å². The Bertz CT molecular complexity index is 987. The zero-order valence-corrected chi connectivity index (χ0v) is 15.3. The number of aryl methyl sites for hydroxylation is 1. The van der Waals surface area contributed by atoms with E-state index in [0.717, 1.165) is 11.1 Å². The van der Waals surface area contributed by atoms with Crippen LogP contribution >= 0.6 is 11.3 Å². The number of carbonyl (C=O) groups excluding carboxylic acids is 1. The number of thiazole rings is 1. The molecule has 3 aromatic rings. The molecule has 0 bridgehead atoms. The van der Waals surface area contributed by atoms with Crippen molar-refractivity contribution >= 4 is 23.2 Å². The van der Waals surface area contributed by atoms with Crippen molar-refractivity contribution in [3.05, 3.63) is 76.5 Å². The quantitative estimate of drug-likeness (QED) is 0.667. The summed E-state index contributed by atoms with van der Waals surface area (Å²) in [5.41, 5.74) is 2.57. The van der Waals surface area contributed by atoms with Crippen molar-refractivity contribution in [3.63, 3.8) is 0 Å². The van der Waals surface area contributed by atoms with Crippen LogP contribution in [0, 0.1) is 12.7 Å². The molecule has 1 unspecified atom stereocenters. The Morgan fingerprint density at radius 1 is 1.22 bits per heavy atom. The lowest BCUT2D eigenvalue weighted by Gasteiger charge is -2.17. The number of carboxylic acids is 1. The van der Waals surface area contributed by atoms with Crippen LogP contribution in [0.4, 0.5) is 4.39 Å². The molecule has 0 spiro atoms. The number of carboxylic acid groups (broad SMARTS) is 1. The van der Waals surface area contributed by atoms with Gasteiger partial charge in [0, 0.05) is 10.9 Å². The van der Waals surface area contributed by atoms with Gasteiger partial charge in [-0.2, -0.15) is 0 Å². The average molecular weight is 384 g/mol. The monoisotopic (exact) mass is 384 g/mol. The van der Waals surface area contributed by atoms with E-state index in [0.29, 0.717) is 10.6 Å². The minimum atomic E-state index is -1.09. The minimum Gasteiger partial charge on any atom is -0.481 e. The van der Waals surface area contributed by atoms with Gasteiger partial charge in [-0.1, -0.05) is 36.4 Å². The maximum absolute atomic E-state index is 13.5. The third-order valence-electron chi connectivity index (χ3n) is 4.05. The van der Waals surface area contributed by atoms with E-state index in [2.05, 4.69) is 10.3 Å². The number of amides is 1. The molecule has 2 aromatic carbocycles. The van der Waals surface area contributed by atoms with Crippen LogP contribution in [0.1, 0.15) is 34.1 Å². The molecule has 1 amide bonds. The Morgan fingerprint density at radius 2 is 2.00 bits per heavy atom. The van der Waals surface area contributed by atoms with E-state index in [1.165, 1.54) is 29.5 Å². The number of benzene rings is 2. The Labute approximate surface area is 159 Å². The molecular formula is C20H17FN2O3S. The van der Waals surface area contributed by atoms with Crippen molar-refractivity contribution < 1.29 is 19.1 Å². The molecule has 0 aliphatic heterocycles. The van der Waals surface area contributed by atoms with Crippen LogP contribution in [0.3, 0.4) is 0 Å². The van der Waals surface area contributed by atoms with Gasteiger partial charge >= 0.3 is 5.97 Å². The topological polar surface area (TPSA) is 79.3 Å². The van der Waals surface area contributed by atoms with Gasteiger partial charge in [0.1, 0.15) is 16.5 Å². The number of carbonyl (C=O) groups is 2. The second-order valence-corrected chi connectivity index (χ2v) is 6.89. The molecule has 27 heavy (non-hydrogen) atoms. The number of nitrogens with one attached hydrogen (secondary N) is 1. The summed E-state index contributed by atoms with van der Waals surface area (Å²) in [6.45, 7) is 1.96. The molecule has 0 saturated heterocycles. The highest BCUT2D eigenvalue weighted by Gasteiger charge is 2.21. The smallest absolute Gasteiger partial charge is 0.305 e. The standard InChI is InChI=1S/C20H17FN2O3S/c1-12-5-2-3-8-15(12)20-23-17(11-27-20)19(26)22-16(10-18(24)25)13-6-4-7-14(21)9-13/h2-9,11,16H,10H2,1H3,(H,22,26)(H,24,25). The Kier molecular flexibility index (Phi) is 5.61. The van der Waals surface area contributed by atoms with Crippen LogP contribution in [0.2, 0.25) is 0 Å². The highest BCUT2D eigenvalue weighted by atomic mass is 32.1. The lowest BCUT2D eigenvalue weighted by Crippen LogP contribution is -2.30. The molecule has 0 radical (unpaired) electrons. The molecule has 1 heterocycles. The SMILES string of the molecule is Cc1ccccc1-c1nc(C(=O)NC(CC(=O)O)c2cccc(F)c2)cs1. The molecule has 0 fully saturated rings.